The summed E-state index contributed by atoms with van der Waals surface area (Å²) in [4.78, 5) is 37.1. The molecule has 0 spiro atoms. The molecule has 28 heavy (non-hydrogen) atoms. The van der Waals surface area contributed by atoms with Crippen molar-refractivity contribution in [1.82, 2.24) is 24.5 Å². The molecule has 0 fully saturated rings. The van der Waals surface area contributed by atoms with Gasteiger partial charge >= 0.3 is 5.69 Å². The Balaban J connectivity index is 2.09. The summed E-state index contributed by atoms with van der Waals surface area (Å²) in [6.45, 7) is 3.69. The number of nitriles is 1. The van der Waals surface area contributed by atoms with Gasteiger partial charge in [-0.1, -0.05) is 23.2 Å². The Bertz CT molecular complexity index is 1250. The molecule has 3 rings (SSSR count). The summed E-state index contributed by atoms with van der Waals surface area (Å²) in [5.74, 6) is 0.251. The maximum atomic E-state index is 12.0. The summed E-state index contributed by atoms with van der Waals surface area (Å²) in [7, 11) is 0. The van der Waals surface area contributed by atoms with Gasteiger partial charge in [0.25, 0.3) is 11.1 Å². The van der Waals surface area contributed by atoms with E-state index in [2.05, 4.69) is 10.2 Å². The van der Waals surface area contributed by atoms with Crippen molar-refractivity contribution in [3.05, 3.63) is 65.1 Å². The van der Waals surface area contributed by atoms with Crippen LogP contribution in [-0.2, 0) is 0 Å². The fraction of sp³-hybridized carbons (Fsp3) is 0.188. The molecule has 0 aliphatic heterocycles. The summed E-state index contributed by atoms with van der Waals surface area (Å²) < 4.78 is 7.96. The van der Waals surface area contributed by atoms with Crippen LogP contribution in [0.2, 0.25) is 10.0 Å². The first kappa shape index (κ1) is 19.5. The van der Waals surface area contributed by atoms with E-state index < -0.39 is 16.9 Å². The van der Waals surface area contributed by atoms with Gasteiger partial charge in [-0.25, -0.2) is 4.79 Å². The first-order chi connectivity index (χ1) is 13.2. The van der Waals surface area contributed by atoms with Crippen LogP contribution >= 0.6 is 23.2 Å². The predicted molar refractivity (Wildman–Crippen MR) is 101 cm³/mol. The third-order valence-electron chi connectivity index (χ3n) is 3.61. The Morgan fingerprint density at radius 1 is 1.18 bits per heavy atom. The standard InChI is InChI=1S/C16H12Cl2N6O4/c1-7(2)23-13(5-12(25)22-23)28-14-9(17)3-8(4-10(14)18)24-16(27)20-15(26)11(6-19)21-24/h3-5,7H,1-2H3,(H,22,25)(H,20,26,27). The molecule has 12 heteroatoms. The molecule has 0 amide bonds. The van der Waals surface area contributed by atoms with Gasteiger partial charge in [-0.05, 0) is 26.0 Å². The lowest BCUT2D eigenvalue weighted by Gasteiger charge is -2.15. The Morgan fingerprint density at radius 3 is 2.39 bits per heavy atom. The summed E-state index contributed by atoms with van der Waals surface area (Å²) >= 11 is 12.5. The van der Waals surface area contributed by atoms with Crippen LogP contribution in [0, 0.1) is 11.3 Å². The molecular formula is C16H12Cl2N6O4. The Labute approximate surface area is 166 Å². The van der Waals surface area contributed by atoms with Crippen LogP contribution in [0.4, 0.5) is 0 Å². The van der Waals surface area contributed by atoms with E-state index in [4.69, 9.17) is 33.2 Å². The quantitative estimate of drug-likeness (QED) is 0.658. The van der Waals surface area contributed by atoms with Gasteiger partial charge < -0.3 is 4.74 Å². The second kappa shape index (κ2) is 7.38. The summed E-state index contributed by atoms with van der Waals surface area (Å²) in [5.41, 5.74) is -2.53. The third-order valence-corrected chi connectivity index (χ3v) is 4.17. The monoisotopic (exact) mass is 422 g/mol. The third kappa shape index (κ3) is 3.58. The molecule has 0 aliphatic rings. The highest BCUT2D eigenvalue weighted by molar-refractivity contribution is 6.37. The molecule has 144 valence electrons. The van der Waals surface area contributed by atoms with Gasteiger partial charge in [0.2, 0.25) is 11.6 Å². The zero-order valence-corrected chi connectivity index (χ0v) is 16.0. The van der Waals surface area contributed by atoms with Crippen molar-refractivity contribution in [2.75, 3.05) is 0 Å². The molecule has 10 nitrogen and oxygen atoms in total. The number of ether oxygens (including phenoxy) is 1. The van der Waals surface area contributed by atoms with Crippen molar-refractivity contribution in [2.24, 2.45) is 0 Å². The summed E-state index contributed by atoms with van der Waals surface area (Å²) in [5, 5.41) is 15.2. The van der Waals surface area contributed by atoms with Gasteiger partial charge in [0, 0.05) is 6.04 Å². The Kier molecular flexibility index (Phi) is 5.13. The lowest BCUT2D eigenvalue weighted by Crippen LogP contribution is -2.33. The topological polar surface area (TPSA) is 139 Å². The van der Waals surface area contributed by atoms with E-state index in [1.54, 1.807) is 6.07 Å². The second-order valence-corrected chi connectivity index (χ2v) is 6.71. The molecule has 0 saturated heterocycles. The van der Waals surface area contributed by atoms with Crippen molar-refractivity contribution in [1.29, 1.82) is 5.26 Å². The second-order valence-electron chi connectivity index (χ2n) is 5.89. The fourth-order valence-corrected chi connectivity index (χ4v) is 2.92. The number of aromatic nitrogens is 5. The van der Waals surface area contributed by atoms with Crippen LogP contribution in [0.25, 0.3) is 5.69 Å². The number of nitrogens with zero attached hydrogens (tertiary/aromatic N) is 4. The molecule has 0 saturated carbocycles. The lowest BCUT2D eigenvalue weighted by atomic mass is 10.3. The minimum Gasteiger partial charge on any atom is -0.436 e. The number of rotatable bonds is 4. The molecule has 0 aliphatic carbocycles. The smallest absolute Gasteiger partial charge is 0.349 e. The molecule has 2 aromatic heterocycles. The van der Waals surface area contributed by atoms with Crippen molar-refractivity contribution in [2.45, 2.75) is 19.9 Å². The molecular weight excluding hydrogens is 411 g/mol. The van der Waals surface area contributed by atoms with E-state index in [9.17, 15) is 14.4 Å². The van der Waals surface area contributed by atoms with Crippen molar-refractivity contribution in [3.63, 3.8) is 0 Å². The highest BCUT2D eigenvalue weighted by Gasteiger charge is 2.17. The largest absolute Gasteiger partial charge is 0.436 e. The number of nitrogens with one attached hydrogen (secondary N) is 2. The zero-order valence-electron chi connectivity index (χ0n) is 14.5. The van der Waals surface area contributed by atoms with Crippen LogP contribution in [0.5, 0.6) is 11.6 Å². The minimum atomic E-state index is -0.903. The molecule has 3 aromatic rings. The van der Waals surface area contributed by atoms with E-state index in [0.717, 1.165) is 4.68 Å². The number of hydrogen-bond acceptors (Lipinski definition) is 6. The van der Waals surface area contributed by atoms with E-state index >= 15 is 0 Å². The van der Waals surface area contributed by atoms with E-state index in [1.807, 2.05) is 18.8 Å². The molecule has 0 bridgehead atoms. The molecule has 0 atom stereocenters. The van der Waals surface area contributed by atoms with E-state index in [1.165, 1.54) is 22.9 Å². The molecule has 0 radical (unpaired) electrons. The predicted octanol–water partition coefficient (Wildman–Crippen LogP) is 1.96. The van der Waals surface area contributed by atoms with Crippen LogP contribution in [0.15, 0.2) is 32.6 Å². The van der Waals surface area contributed by atoms with Crippen molar-refractivity contribution < 1.29 is 4.74 Å². The van der Waals surface area contributed by atoms with E-state index in [0.29, 0.717) is 0 Å². The first-order valence-electron chi connectivity index (χ1n) is 7.84. The maximum Gasteiger partial charge on any atom is 0.349 e. The number of benzene rings is 1. The van der Waals surface area contributed by atoms with Gasteiger partial charge in [0.15, 0.2) is 5.75 Å². The fourth-order valence-electron chi connectivity index (χ4n) is 2.37. The van der Waals surface area contributed by atoms with Gasteiger partial charge in [0.1, 0.15) is 6.07 Å². The number of aromatic amines is 2. The summed E-state index contributed by atoms with van der Waals surface area (Å²) in [6, 6.07) is 5.37. The normalized spacial score (nSPS) is 10.9. The van der Waals surface area contributed by atoms with E-state index in [-0.39, 0.29) is 39.0 Å². The minimum absolute atomic E-state index is 0.0184. The SMILES string of the molecule is CC(C)n1[nH]c(=O)cc1Oc1c(Cl)cc(-n2nc(C#N)c(=O)[nH]c2=O)cc1Cl. The molecule has 0 unspecified atom stereocenters. The lowest BCUT2D eigenvalue weighted by molar-refractivity contribution is 0.388. The van der Waals surface area contributed by atoms with Gasteiger partial charge in [-0.3, -0.25) is 24.4 Å². The van der Waals surface area contributed by atoms with Crippen molar-refractivity contribution >= 4 is 23.2 Å². The summed E-state index contributed by atoms with van der Waals surface area (Å²) in [6.07, 6.45) is 0. The molecule has 2 N–H and O–H groups in total. The molecule has 2 heterocycles. The number of hydrogen-bond donors (Lipinski definition) is 2. The highest BCUT2D eigenvalue weighted by atomic mass is 35.5. The average Bonchev–Trinajstić information content (AvgIpc) is 2.99. The van der Waals surface area contributed by atoms with Crippen LogP contribution in [0.1, 0.15) is 25.6 Å². The van der Waals surface area contributed by atoms with Gasteiger partial charge in [0.05, 0.1) is 21.8 Å². The zero-order chi connectivity index (χ0) is 20.6. The molecule has 1 aromatic carbocycles. The first-order valence-corrected chi connectivity index (χ1v) is 8.59. The van der Waals surface area contributed by atoms with Crippen LogP contribution in [0.3, 0.4) is 0 Å². The number of H-pyrrole nitrogens is 2. The Morgan fingerprint density at radius 2 is 1.82 bits per heavy atom. The van der Waals surface area contributed by atoms with Gasteiger partial charge in [-0.2, -0.15) is 9.94 Å². The number of halogens is 2. The van der Waals surface area contributed by atoms with Crippen LogP contribution in [-0.4, -0.2) is 24.5 Å². The average molecular weight is 423 g/mol. The highest BCUT2D eigenvalue weighted by Crippen LogP contribution is 2.38. The van der Waals surface area contributed by atoms with Crippen LogP contribution < -0.4 is 21.5 Å². The van der Waals surface area contributed by atoms with Gasteiger partial charge in [-0.15, -0.1) is 5.10 Å². The Hall–Kier alpha value is -3.29. The van der Waals surface area contributed by atoms with Crippen molar-refractivity contribution in [3.8, 4) is 23.4 Å². The maximum absolute atomic E-state index is 12.0.